The number of hydrogen-bond donors (Lipinski definition) is 1. The molecule has 0 aliphatic rings. The first-order valence-corrected chi connectivity index (χ1v) is 6.99. The van der Waals surface area contributed by atoms with Gasteiger partial charge in [0.25, 0.3) is 0 Å². The highest BCUT2D eigenvalue weighted by Gasteiger charge is 2.13. The zero-order chi connectivity index (χ0) is 15.6. The van der Waals surface area contributed by atoms with Gasteiger partial charge in [0.15, 0.2) is 0 Å². The quantitative estimate of drug-likeness (QED) is 0.687. The second-order valence-electron chi connectivity index (χ2n) is 5.49. The van der Waals surface area contributed by atoms with Crippen molar-refractivity contribution in [2.45, 2.75) is 34.3 Å². The van der Waals surface area contributed by atoms with Gasteiger partial charge in [-0.15, -0.1) is 0 Å². The van der Waals surface area contributed by atoms with Crippen molar-refractivity contribution in [2.24, 2.45) is 0 Å². The van der Waals surface area contributed by atoms with E-state index in [1.165, 1.54) is 5.56 Å². The summed E-state index contributed by atoms with van der Waals surface area (Å²) in [7, 11) is 0. The van der Waals surface area contributed by atoms with Crippen LogP contribution >= 0.6 is 0 Å². The molecule has 0 unspecified atom stereocenters. The Bertz CT molecular complexity index is 667. The second kappa shape index (κ2) is 6.00. The Hall–Kier alpha value is -2.29. The largest absolute Gasteiger partial charge is 0.457 e. The summed E-state index contributed by atoms with van der Waals surface area (Å²) < 4.78 is 5.43. The first kappa shape index (κ1) is 15.1. The molecule has 0 bridgehead atoms. The fraction of sp³-hybridized carbons (Fsp3) is 0.278. The van der Waals surface area contributed by atoms with E-state index in [1.54, 1.807) is 6.07 Å². The first-order chi connectivity index (χ1) is 9.90. The van der Waals surface area contributed by atoms with E-state index in [9.17, 15) is 4.79 Å². The van der Waals surface area contributed by atoms with E-state index in [2.05, 4.69) is 19.1 Å². The van der Waals surface area contributed by atoms with E-state index in [-0.39, 0.29) is 12.6 Å². The smallest absolute Gasteiger partial charge is 0.340 e. The fourth-order valence-corrected chi connectivity index (χ4v) is 2.51. The highest BCUT2D eigenvalue weighted by Crippen LogP contribution is 2.20. The number of aryl methyl sites for hydroxylation is 4. The number of anilines is 1. The summed E-state index contributed by atoms with van der Waals surface area (Å²) in [5, 5.41) is 0. The Morgan fingerprint density at radius 1 is 1.05 bits per heavy atom. The number of hydrogen-bond acceptors (Lipinski definition) is 3. The van der Waals surface area contributed by atoms with Crippen LogP contribution in [0, 0.1) is 27.7 Å². The minimum absolute atomic E-state index is 0.268. The normalized spacial score (nSPS) is 10.5. The van der Waals surface area contributed by atoms with Crippen LogP contribution in [0.5, 0.6) is 0 Å². The van der Waals surface area contributed by atoms with Crippen molar-refractivity contribution in [3.05, 3.63) is 63.7 Å². The lowest BCUT2D eigenvalue weighted by molar-refractivity contribution is 0.0472. The van der Waals surface area contributed by atoms with Gasteiger partial charge < -0.3 is 10.5 Å². The van der Waals surface area contributed by atoms with E-state index >= 15 is 0 Å². The maximum absolute atomic E-state index is 12.2. The van der Waals surface area contributed by atoms with Crippen LogP contribution in [0.2, 0.25) is 0 Å². The zero-order valence-electron chi connectivity index (χ0n) is 13.0. The molecule has 0 saturated heterocycles. The summed E-state index contributed by atoms with van der Waals surface area (Å²) in [6.07, 6.45) is 0. The molecule has 0 saturated carbocycles. The van der Waals surface area contributed by atoms with Crippen LogP contribution in [0.3, 0.4) is 0 Å². The molecule has 0 amide bonds. The van der Waals surface area contributed by atoms with Crippen molar-refractivity contribution in [1.82, 2.24) is 0 Å². The number of carbonyl (C=O) groups excluding carboxylic acids is 1. The van der Waals surface area contributed by atoms with Crippen molar-refractivity contribution in [3.63, 3.8) is 0 Å². The molecule has 0 radical (unpaired) electrons. The summed E-state index contributed by atoms with van der Waals surface area (Å²) in [6, 6.07) is 9.57. The van der Waals surface area contributed by atoms with Crippen LogP contribution < -0.4 is 5.73 Å². The van der Waals surface area contributed by atoms with Gasteiger partial charge in [-0.2, -0.15) is 0 Å². The number of benzene rings is 2. The Morgan fingerprint density at radius 3 is 2.29 bits per heavy atom. The van der Waals surface area contributed by atoms with Gasteiger partial charge in [-0.05, 0) is 56.0 Å². The van der Waals surface area contributed by atoms with Crippen molar-refractivity contribution in [3.8, 4) is 0 Å². The third kappa shape index (κ3) is 3.24. The number of nitrogens with two attached hydrogens (primary N) is 1. The van der Waals surface area contributed by atoms with E-state index in [1.807, 2.05) is 32.9 Å². The van der Waals surface area contributed by atoms with E-state index < -0.39 is 0 Å². The molecule has 0 spiro atoms. The molecular weight excluding hydrogens is 262 g/mol. The molecule has 3 heteroatoms. The van der Waals surface area contributed by atoms with Gasteiger partial charge in [-0.3, -0.25) is 0 Å². The van der Waals surface area contributed by atoms with Crippen molar-refractivity contribution in [1.29, 1.82) is 0 Å². The number of nitrogen functional groups attached to an aromatic ring is 1. The number of para-hydroxylation sites is 1. The molecule has 0 aromatic heterocycles. The highest BCUT2D eigenvalue weighted by molar-refractivity contribution is 5.95. The molecule has 21 heavy (non-hydrogen) atoms. The molecular formula is C18H21NO2. The minimum Gasteiger partial charge on any atom is -0.457 e. The molecule has 3 nitrogen and oxygen atoms in total. The van der Waals surface area contributed by atoms with Gasteiger partial charge >= 0.3 is 5.97 Å². The Balaban J connectivity index is 2.17. The molecule has 2 rings (SSSR count). The van der Waals surface area contributed by atoms with E-state index in [4.69, 9.17) is 10.5 Å². The summed E-state index contributed by atoms with van der Waals surface area (Å²) >= 11 is 0. The van der Waals surface area contributed by atoms with Gasteiger partial charge in [0, 0.05) is 5.69 Å². The molecule has 0 fully saturated rings. The van der Waals surface area contributed by atoms with Gasteiger partial charge in [0.05, 0.1) is 5.56 Å². The maximum atomic E-state index is 12.2. The molecule has 0 aliphatic carbocycles. The standard InChI is InChI=1S/C18H21NO2/c1-11-8-13(3)16(14(4)9-11)10-21-18(20)15-7-5-6-12(2)17(15)19/h5-9H,10,19H2,1-4H3. The Labute approximate surface area is 125 Å². The highest BCUT2D eigenvalue weighted by atomic mass is 16.5. The molecule has 0 atom stereocenters. The average molecular weight is 283 g/mol. The number of ether oxygens (including phenoxy) is 1. The third-order valence-corrected chi connectivity index (χ3v) is 3.73. The first-order valence-electron chi connectivity index (χ1n) is 6.99. The summed E-state index contributed by atoms with van der Waals surface area (Å²) in [6.45, 7) is 8.27. The molecule has 2 aromatic carbocycles. The van der Waals surface area contributed by atoms with Crippen LogP contribution in [-0.4, -0.2) is 5.97 Å². The van der Waals surface area contributed by atoms with E-state index in [0.717, 1.165) is 22.3 Å². The number of esters is 1. The molecule has 0 aliphatic heterocycles. The Morgan fingerprint density at radius 2 is 1.67 bits per heavy atom. The summed E-state index contributed by atoms with van der Waals surface area (Å²) in [5.41, 5.74) is 12.3. The van der Waals surface area contributed by atoms with Gasteiger partial charge in [-0.1, -0.05) is 29.8 Å². The third-order valence-electron chi connectivity index (χ3n) is 3.73. The Kier molecular flexibility index (Phi) is 4.32. The molecule has 2 N–H and O–H groups in total. The zero-order valence-corrected chi connectivity index (χ0v) is 13.0. The average Bonchev–Trinajstić information content (AvgIpc) is 2.40. The molecule has 110 valence electrons. The number of rotatable bonds is 3. The van der Waals surface area contributed by atoms with Crippen LogP contribution in [0.1, 0.15) is 38.2 Å². The topological polar surface area (TPSA) is 52.3 Å². The van der Waals surface area contributed by atoms with Gasteiger partial charge in [-0.25, -0.2) is 4.79 Å². The van der Waals surface area contributed by atoms with Crippen LogP contribution in [0.25, 0.3) is 0 Å². The molecule has 2 aromatic rings. The van der Waals surface area contributed by atoms with Crippen LogP contribution in [0.4, 0.5) is 5.69 Å². The summed E-state index contributed by atoms with van der Waals surface area (Å²) in [5.74, 6) is -0.379. The lowest BCUT2D eigenvalue weighted by atomic mass is 10.0. The predicted octanol–water partition coefficient (Wildman–Crippen LogP) is 3.86. The lowest BCUT2D eigenvalue weighted by Crippen LogP contribution is -2.10. The van der Waals surface area contributed by atoms with Crippen molar-refractivity contribution >= 4 is 11.7 Å². The summed E-state index contributed by atoms with van der Waals surface area (Å²) in [4.78, 5) is 12.2. The van der Waals surface area contributed by atoms with E-state index in [0.29, 0.717) is 11.3 Å². The van der Waals surface area contributed by atoms with Crippen LogP contribution in [-0.2, 0) is 11.3 Å². The SMILES string of the molecule is Cc1cc(C)c(COC(=O)c2cccc(C)c2N)c(C)c1. The van der Waals surface area contributed by atoms with Crippen molar-refractivity contribution in [2.75, 3.05) is 5.73 Å². The maximum Gasteiger partial charge on any atom is 0.340 e. The number of carbonyl (C=O) groups is 1. The minimum atomic E-state index is -0.379. The van der Waals surface area contributed by atoms with Crippen LogP contribution in [0.15, 0.2) is 30.3 Å². The van der Waals surface area contributed by atoms with Crippen molar-refractivity contribution < 1.29 is 9.53 Å². The fourth-order valence-electron chi connectivity index (χ4n) is 2.51. The molecule has 0 heterocycles. The van der Waals surface area contributed by atoms with Gasteiger partial charge in [0.2, 0.25) is 0 Å². The second-order valence-corrected chi connectivity index (χ2v) is 5.49. The monoisotopic (exact) mass is 283 g/mol. The van der Waals surface area contributed by atoms with Gasteiger partial charge in [0.1, 0.15) is 6.61 Å². The lowest BCUT2D eigenvalue weighted by Gasteiger charge is -2.13. The predicted molar refractivity (Wildman–Crippen MR) is 85.4 cm³/mol.